The molecule has 0 spiro atoms. The minimum atomic E-state index is -0.869. The third kappa shape index (κ3) is 2.65. The molecule has 104 valence electrons. The van der Waals surface area contributed by atoms with Crippen molar-refractivity contribution >= 4 is 5.97 Å². The summed E-state index contributed by atoms with van der Waals surface area (Å²) >= 11 is 0. The molecule has 0 aliphatic heterocycles. The topological polar surface area (TPSA) is 50.2 Å². The van der Waals surface area contributed by atoms with Gasteiger partial charge < -0.3 is 5.11 Å². The van der Waals surface area contributed by atoms with Crippen LogP contribution in [0, 0.1) is 5.92 Å². The third-order valence-electron chi connectivity index (χ3n) is 3.90. The highest BCUT2D eigenvalue weighted by Gasteiger charge is 2.29. The minimum Gasteiger partial charge on any atom is -0.478 e. The van der Waals surface area contributed by atoms with Crippen LogP contribution in [-0.4, -0.2) is 16.1 Å². The predicted octanol–water partition coefficient (Wildman–Crippen LogP) is 3.76. The van der Waals surface area contributed by atoms with E-state index in [-0.39, 0.29) is 5.41 Å². The Kier molecular flexibility index (Phi) is 3.41. The van der Waals surface area contributed by atoms with E-state index in [4.69, 9.17) is 4.98 Å². The Balaban J connectivity index is 2.63. The first-order valence-electron chi connectivity index (χ1n) is 6.97. The number of nitrogens with zero attached hydrogens (tertiary/aromatic N) is 1. The molecular weight excluding hydrogens is 238 g/mol. The molecular formula is C16H23NO2. The molecule has 2 rings (SSSR count). The molecule has 0 saturated heterocycles. The van der Waals surface area contributed by atoms with Gasteiger partial charge in [-0.2, -0.15) is 0 Å². The number of rotatable bonds is 1. The van der Waals surface area contributed by atoms with Crippen molar-refractivity contribution in [1.82, 2.24) is 4.98 Å². The van der Waals surface area contributed by atoms with E-state index in [0.29, 0.717) is 23.1 Å². The summed E-state index contributed by atoms with van der Waals surface area (Å²) in [6.07, 6.45) is 2.07. The normalized spacial score (nSPS) is 23.0. The molecule has 0 radical (unpaired) electrons. The van der Waals surface area contributed by atoms with Crippen LogP contribution in [0.5, 0.6) is 0 Å². The molecule has 3 nitrogen and oxygen atoms in total. The monoisotopic (exact) mass is 261 g/mol. The smallest absolute Gasteiger partial charge is 0.337 e. The number of aromatic carboxylic acids is 1. The Labute approximate surface area is 115 Å². The number of fused-ring (bicyclic) bond motifs is 1. The van der Waals surface area contributed by atoms with Gasteiger partial charge in [0.1, 0.15) is 0 Å². The Hall–Kier alpha value is -1.38. The van der Waals surface area contributed by atoms with Gasteiger partial charge in [0.05, 0.1) is 11.3 Å². The van der Waals surface area contributed by atoms with Crippen LogP contribution in [0.3, 0.4) is 0 Å². The van der Waals surface area contributed by atoms with E-state index < -0.39 is 5.97 Å². The summed E-state index contributed by atoms with van der Waals surface area (Å²) in [7, 11) is 0. The third-order valence-corrected chi connectivity index (χ3v) is 3.90. The fourth-order valence-corrected chi connectivity index (χ4v) is 3.04. The van der Waals surface area contributed by atoms with Crippen LogP contribution in [0.2, 0.25) is 0 Å². The number of carboxylic acid groups (broad SMARTS) is 1. The van der Waals surface area contributed by atoms with Gasteiger partial charge in [-0.25, -0.2) is 4.79 Å². The van der Waals surface area contributed by atoms with Gasteiger partial charge in [-0.15, -0.1) is 0 Å². The van der Waals surface area contributed by atoms with Gasteiger partial charge >= 0.3 is 5.97 Å². The average Bonchev–Trinajstić information content (AvgIpc) is 2.25. The van der Waals surface area contributed by atoms with Crippen LogP contribution < -0.4 is 0 Å². The molecule has 19 heavy (non-hydrogen) atoms. The molecule has 0 aromatic carbocycles. The van der Waals surface area contributed by atoms with Crippen molar-refractivity contribution < 1.29 is 9.90 Å². The molecule has 1 aliphatic carbocycles. The highest BCUT2D eigenvalue weighted by atomic mass is 16.4. The summed E-state index contributed by atoms with van der Waals surface area (Å²) in [6.45, 7) is 10.5. The van der Waals surface area contributed by atoms with Crippen LogP contribution in [0.4, 0.5) is 0 Å². The SMILES string of the molecule is CC1Cc2nc(C(C)(C)C)c(C(=O)O)cc2C(C)C1. The van der Waals surface area contributed by atoms with E-state index in [9.17, 15) is 9.90 Å². The number of hydrogen-bond acceptors (Lipinski definition) is 2. The van der Waals surface area contributed by atoms with Crippen LogP contribution in [0.25, 0.3) is 0 Å². The predicted molar refractivity (Wildman–Crippen MR) is 75.8 cm³/mol. The molecule has 2 unspecified atom stereocenters. The van der Waals surface area contributed by atoms with Crippen LogP contribution in [-0.2, 0) is 11.8 Å². The second kappa shape index (κ2) is 4.62. The van der Waals surface area contributed by atoms with Crippen LogP contribution in [0.1, 0.15) is 74.3 Å². The highest BCUT2D eigenvalue weighted by molar-refractivity contribution is 5.89. The standard InChI is InChI=1S/C16H23NO2/c1-9-6-10(2)11-8-12(15(18)19)14(16(3,4)5)17-13(11)7-9/h8-10H,6-7H2,1-5H3,(H,18,19). The summed E-state index contributed by atoms with van der Waals surface area (Å²) < 4.78 is 0. The van der Waals surface area contributed by atoms with E-state index >= 15 is 0 Å². The van der Waals surface area contributed by atoms with Gasteiger partial charge in [0, 0.05) is 11.1 Å². The van der Waals surface area contributed by atoms with Crippen molar-refractivity contribution in [2.45, 2.75) is 58.8 Å². The lowest BCUT2D eigenvalue weighted by Gasteiger charge is -2.30. The first-order valence-corrected chi connectivity index (χ1v) is 6.97. The molecule has 1 heterocycles. The lowest BCUT2D eigenvalue weighted by molar-refractivity contribution is 0.0693. The van der Waals surface area contributed by atoms with E-state index in [0.717, 1.165) is 24.1 Å². The summed E-state index contributed by atoms with van der Waals surface area (Å²) in [5.74, 6) is 0.155. The molecule has 3 heteroatoms. The molecule has 0 bridgehead atoms. The zero-order valence-electron chi connectivity index (χ0n) is 12.4. The van der Waals surface area contributed by atoms with Crippen LogP contribution in [0.15, 0.2) is 6.07 Å². The van der Waals surface area contributed by atoms with Gasteiger partial charge in [0.15, 0.2) is 0 Å². The molecule has 0 amide bonds. The Bertz CT molecular complexity index is 514. The second-order valence-corrected chi connectivity index (χ2v) is 6.92. The van der Waals surface area contributed by atoms with Crippen LogP contribution >= 0.6 is 0 Å². The van der Waals surface area contributed by atoms with Gasteiger partial charge in [0.2, 0.25) is 0 Å². The zero-order chi connectivity index (χ0) is 14.4. The van der Waals surface area contributed by atoms with Crippen molar-refractivity contribution in [3.63, 3.8) is 0 Å². The van der Waals surface area contributed by atoms with Crippen molar-refractivity contribution in [1.29, 1.82) is 0 Å². The summed E-state index contributed by atoms with van der Waals surface area (Å²) in [5.41, 5.74) is 3.06. The van der Waals surface area contributed by atoms with Gasteiger partial charge in [-0.05, 0) is 36.3 Å². The highest BCUT2D eigenvalue weighted by Crippen LogP contribution is 2.36. The number of carboxylic acids is 1. The van der Waals surface area contributed by atoms with E-state index in [1.165, 1.54) is 0 Å². The van der Waals surface area contributed by atoms with Crippen molar-refractivity contribution in [2.24, 2.45) is 5.92 Å². The largest absolute Gasteiger partial charge is 0.478 e. The first-order chi connectivity index (χ1) is 8.70. The van der Waals surface area contributed by atoms with Crippen molar-refractivity contribution in [3.05, 3.63) is 28.6 Å². The summed E-state index contributed by atoms with van der Waals surface area (Å²) in [5, 5.41) is 9.43. The number of aromatic nitrogens is 1. The molecule has 1 N–H and O–H groups in total. The molecule has 1 aromatic rings. The molecule has 1 aliphatic rings. The fourth-order valence-electron chi connectivity index (χ4n) is 3.04. The Morgan fingerprint density at radius 1 is 1.37 bits per heavy atom. The number of carbonyl (C=O) groups is 1. The maximum Gasteiger partial charge on any atom is 0.337 e. The molecule has 0 saturated carbocycles. The molecule has 1 aromatic heterocycles. The fraction of sp³-hybridized carbons (Fsp3) is 0.625. The Morgan fingerprint density at radius 3 is 2.53 bits per heavy atom. The van der Waals surface area contributed by atoms with E-state index in [1.54, 1.807) is 0 Å². The summed E-state index contributed by atoms with van der Waals surface area (Å²) in [4.78, 5) is 16.2. The van der Waals surface area contributed by atoms with E-state index in [2.05, 4.69) is 13.8 Å². The number of hydrogen-bond donors (Lipinski definition) is 1. The maximum atomic E-state index is 11.5. The van der Waals surface area contributed by atoms with Gasteiger partial charge in [-0.3, -0.25) is 4.98 Å². The zero-order valence-corrected chi connectivity index (χ0v) is 12.4. The van der Waals surface area contributed by atoms with E-state index in [1.807, 2.05) is 26.8 Å². The quantitative estimate of drug-likeness (QED) is 0.837. The van der Waals surface area contributed by atoms with Crippen molar-refractivity contribution in [3.8, 4) is 0 Å². The number of pyridine rings is 1. The molecule has 0 fully saturated rings. The van der Waals surface area contributed by atoms with Crippen molar-refractivity contribution in [2.75, 3.05) is 0 Å². The second-order valence-electron chi connectivity index (χ2n) is 6.92. The van der Waals surface area contributed by atoms with Gasteiger partial charge in [0.25, 0.3) is 0 Å². The Morgan fingerprint density at radius 2 is 2.00 bits per heavy atom. The maximum absolute atomic E-state index is 11.5. The summed E-state index contributed by atoms with van der Waals surface area (Å²) in [6, 6.07) is 1.86. The first kappa shape index (κ1) is 14.0. The lowest BCUT2D eigenvalue weighted by atomic mass is 9.78. The van der Waals surface area contributed by atoms with Gasteiger partial charge in [-0.1, -0.05) is 34.6 Å². The minimum absolute atomic E-state index is 0.243. The average molecular weight is 261 g/mol. The molecule has 2 atom stereocenters. The lowest BCUT2D eigenvalue weighted by Crippen LogP contribution is -2.24.